The summed E-state index contributed by atoms with van der Waals surface area (Å²) in [6.45, 7) is 0. The SMILES string of the molecule is O=C(O)c1cc(=O)c2cc(CCc3cc(/N=N/c4cccc(-c5cccc6oc(C(=O)O)cc(=O)c56)c4)cs3)ccc2o1. The van der Waals surface area contributed by atoms with Crippen molar-refractivity contribution < 1.29 is 28.6 Å². The highest BCUT2D eigenvalue weighted by Crippen LogP contribution is 2.31. The number of carbonyl (C=O) groups is 2. The van der Waals surface area contributed by atoms with Crippen LogP contribution >= 0.6 is 11.3 Å². The molecule has 43 heavy (non-hydrogen) atoms. The maximum Gasteiger partial charge on any atom is 0.371 e. The Balaban J connectivity index is 1.18. The Morgan fingerprint density at radius 3 is 2.23 bits per heavy atom. The lowest BCUT2D eigenvalue weighted by Gasteiger charge is -2.07. The fourth-order valence-electron chi connectivity index (χ4n) is 4.69. The topological polar surface area (TPSA) is 160 Å². The van der Waals surface area contributed by atoms with Crippen LogP contribution in [-0.4, -0.2) is 22.2 Å². The Labute approximate surface area is 245 Å². The zero-order valence-electron chi connectivity index (χ0n) is 22.1. The molecule has 10 nitrogen and oxygen atoms in total. The van der Waals surface area contributed by atoms with Gasteiger partial charge in [-0.2, -0.15) is 5.11 Å². The summed E-state index contributed by atoms with van der Waals surface area (Å²) in [6, 6.07) is 21.2. The van der Waals surface area contributed by atoms with Gasteiger partial charge in [0.25, 0.3) is 0 Å². The lowest BCUT2D eigenvalue weighted by atomic mass is 10.0. The van der Waals surface area contributed by atoms with E-state index in [1.54, 1.807) is 48.5 Å². The van der Waals surface area contributed by atoms with Gasteiger partial charge in [-0.25, -0.2) is 9.59 Å². The predicted octanol–water partition coefficient (Wildman–Crippen LogP) is 7.22. The Morgan fingerprint density at radius 1 is 0.721 bits per heavy atom. The van der Waals surface area contributed by atoms with Crippen LogP contribution < -0.4 is 10.9 Å². The fraction of sp³-hybridized carbons (Fsp3) is 0.0625. The molecule has 0 aliphatic heterocycles. The van der Waals surface area contributed by atoms with E-state index >= 15 is 0 Å². The Bertz CT molecular complexity index is 2210. The van der Waals surface area contributed by atoms with Crippen molar-refractivity contribution >= 4 is 56.6 Å². The molecule has 0 bridgehead atoms. The highest BCUT2D eigenvalue weighted by atomic mass is 32.1. The molecule has 11 heteroatoms. The summed E-state index contributed by atoms with van der Waals surface area (Å²) in [5.41, 5.74) is 3.00. The molecule has 0 amide bonds. The number of nitrogens with zero attached hydrogens (tertiary/aromatic N) is 2. The van der Waals surface area contributed by atoms with Gasteiger partial charge in [-0.05, 0) is 65.9 Å². The van der Waals surface area contributed by atoms with Crippen molar-refractivity contribution in [1.82, 2.24) is 0 Å². The van der Waals surface area contributed by atoms with Crippen LogP contribution in [0.3, 0.4) is 0 Å². The second-order valence-corrected chi connectivity index (χ2v) is 10.6. The number of hydrogen-bond acceptors (Lipinski definition) is 9. The zero-order valence-corrected chi connectivity index (χ0v) is 23.0. The summed E-state index contributed by atoms with van der Waals surface area (Å²) in [5.74, 6) is -3.43. The van der Waals surface area contributed by atoms with Gasteiger partial charge in [0.1, 0.15) is 11.2 Å². The van der Waals surface area contributed by atoms with Crippen LogP contribution in [0, 0.1) is 0 Å². The third-order valence-electron chi connectivity index (χ3n) is 6.71. The molecule has 6 aromatic rings. The number of benzene rings is 3. The van der Waals surface area contributed by atoms with E-state index in [1.807, 2.05) is 23.6 Å². The van der Waals surface area contributed by atoms with Gasteiger partial charge in [-0.1, -0.05) is 30.3 Å². The minimum atomic E-state index is -1.32. The first-order valence-corrected chi connectivity index (χ1v) is 13.8. The van der Waals surface area contributed by atoms with E-state index in [2.05, 4.69) is 10.2 Å². The summed E-state index contributed by atoms with van der Waals surface area (Å²) in [6.07, 6.45) is 1.36. The maximum atomic E-state index is 12.7. The molecule has 0 unspecified atom stereocenters. The van der Waals surface area contributed by atoms with Crippen molar-refractivity contribution in [3.8, 4) is 11.1 Å². The molecule has 0 aliphatic rings. The third-order valence-corrected chi connectivity index (χ3v) is 7.69. The van der Waals surface area contributed by atoms with Crippen LogP contribution in [0.15, 0.2) is 113 Å². The molecule has 3 aromatic heterocycles. The van der Waals surface area contributed by atoms with Gasteiger partial charge in [0.2, 0.25) is 11.5 Å². The Morgan fingerprint density at radius 2 is 1.44 bits per heavy atom. The van der Waals surface area contributed by atoms with E-state index in [-0.39, 0.29) is 16.6 Å². The minimum absolute atomic E-state index is 0.180. The molecular formula is C32H20N2O8S. The maximum absolute atomic E-state index is 12.7. The Kier molecular flexibility index (Phi) is 7.22. The molecule has 0 radical (unpaired) electrons. The summed E-state index contributed by atoms with van der Waals surface area (Å²) < 4.78 is 10.7. The first-order valence-electron chi connectivity index (χ1n) is 12.9. The summed E-state index contributed by atoms with van der Waals surface area (Å²) in [4.78, 5) is 48.6. The van der Waals surface area contributed by atoms with Crippen LogP contribution in [0.1, 0.15) is 31.6 Å². The second-order valence-electron chi connectivity index (χ2n) is 9.59. The van der Waals surface area contributed by atoms with Gasteiger partial charge in [0, 0.05) is 22.4 Å². The molecule has 0 saturated heterocycles. The third kappa shape index (κ3) is 5.74. The van der Waals surface area contributed by atoms with E-state index in [4.69, 9.17) is 13.9 Å². The van der Waals surface area contributed by atoms with E-state index in [0.717, 1.165) is 22.6 Å². The smallest absolute Gasteiger partial charge is 0.371 e. The average Bonchev–Trinajstić information content (AvgIpc) is 3.46. The average molecular weight is 593 g/mol. The molecule has 0 spiro atoms. The van der Waals surface area contributed by atoms with Gasteiger partial charge in [-0.15, -0.1) is 16.5 Å². The number of carboxylic acid groups (broad SMARTS) is 2. The van der Waals surface area contributed by atoms with Crippen molar-refractivity contribution in [2.75, 3.05) is 0 Å². The number of thiophene rings is 1. The fourth-order valence-corrected chi connectivity index (χ4v) is 5.49. The summed E-state index contributed by atoms with van der Waals surface area (Å²) >= 11 is 1.54. The van der Waals surface area contributed by atoms with E-state index in [0.29, 0.717) is 40.7 Å². The van der Waals surface area contributed by atoms with Crippen molar-refractivity contribution in [3.63, 3.8) is 0 Å². The molecule has 0 atom stereocenters. The number of aryl methyl sites for hydroxylation is 2. The van der Waals surface area contributed by atoms with E-state index in [9.17, 15) is 24.3 Å². The number of azo groups is 1. The molecule has 2 N–H and O–H groups in total. The van der Waals surface area contributed by atoms with Crippen molar-refractivity contribution in [2.24, 2.45) is 10.2 Å². The molecule has 212 valence electrons. The number of fused-ring (bicyclic) bond motifs is 2. The standard InChI is InChI=1S/C32H20N2O8S/c35-24-14-28(31(37)38)41-26-10-8-17(11-23(24)26)7-9-21-13-20(16-43-21)34-33-19-4-1-3-18(12-19)22-5-2-6-27-30(22)25(36)15-29(42-27)32(39)40/h1-6,8,10-16H,7,9H2,(H,37,38)(H,39,40)/b34-33+. The zero-order chi connectivity index (χ0) is 30.1. The van der Waals surface area contributed by atoms with Crippen LogP contribution in [0.25, 0.3) is 33.1 Å². The van der Waals surface area contributed by atoms with Crippen molar-refractivity contribution in [3.05, 3.63) is 127 Å². The van der Waals surface area contributed by atoms with Gasteiger partial charge >= 0.3 is 11.9 Å². The van der Waals surface area contributed by atoms with Crippen LogP contribution in [0.2, 0.25) is 0 Å². The predicted molar refractivity (Wildman–Crippen MR) is 160 cm³/mol. The Hall–Kier alpha value is -5.68. The molecule has 0 fully saturated rings. The van der Waals surface area contributed by atoms with E-state index in [1.165, 1.54) is 11.3 Å². The molecular weight excluding hydrogens is 572 g/mol. The lowest BCUT2D eigenvalue weighted by Crippen LogP contribution is -2.07. The quantitative estimate of drug-likeness (QED) is 0.175. The molecule has 6 rings (SSSR count). The van der Waals surface area contributed by atoms with Crippen molar-refractivity contribution in [1.29, 1.82) is 0 Å². The monoisotopic (exact) mass is 592 g/mol. The first-order chi connectivity index (χ1) is 20.7. The number of hydrogen-bond donors (Lipinski definition) is 2. The normalized spacial score (nSPS) is 11.4. The second kappa shape index (κ2) is 11.3. The van der Waals surface area contributed by atoms with Crippen LogP contribution in [0.4, 0.5) is 11.4 Å². The molecule has 3 aromatic carbocycles. The highest BCUT2D eigenvalue weighted by molar-refractivity contribution is 7.10. The number of aromatic carboxylic acids is 2. The van der Waals surface area contributed by atoms with Crippen molar-refractivity contribution in [2.45, 2.75) is 12.8 Å². The van der Waals surface area contributed by atoms with Crippen LogP contribution in [-0.2, 0) is 12.8 Å². The number of rotatable bonds is 8. The summed E-state index contributed by atoms with van der Waals surface area (Å²) in [7, 11) is 0. The van der Waals surface area contributed by atoms with Gasteiger partial charge in [0.15, 0.2) is 10.9 Å². The molecule has 0 saturated carbocycles. The number of carboxylic acids is 2. The first kappa shape index (κ1) is 27.5. The van der Waals surface area contributed by atoms with Gasteiger partial charge < -0.3 is 19.0 Å². The van der Waals surface area contributed by atoms with E-state index < -0.39 is 34.3 Å². The van der Waals surface area contributed by atoms with Gasteiger partial charge in [-0.3, -0.25) is 9.59 Å². The summed E-state index contributed by atoms with van der Waals surface area (Å²) in [5, 5.41) is 29.5. The van der Waals surface area contributed by atoms with Crippen LogP contribution in [0.5, 0.6) is 0 Å². The highest BCUT2D eigenvalue weighted by Gasteiger charge is 2.15. The van der Waals surface area contributed by atoms with Gasteiger partial charge in [0.05, 0.1) is 22.1 Å². The molecule has 0 aliphatic carbocycles. The minimum Gasteiger partial charge on any atom is -0.475 e. The largest absolute Gasteiger partial charge is 0.475 e. The molecule has 3 heterocycles. The lowest BCUT2D eigenvalue weighted by molar-refractivity contribution is 0.0653.